The Morgan fingerprint density at radius 3 is 3.05 bits per heavy atom. The number of methoxy groups -OCH3 is 1. The number of fused-ring (bicyclic) bond motifs is 1. The van der Waals surface area contributed by atoms with Crippen molar-refractivity contribution in [2.24, 2.45) is 0 Å². The van der Waals surface area contributed by atoms with Crippen LogP contribution in [0.25, 0.3) is 0 Å². The second-order valence-corrected chi connectivity index (χ2v) is 4.53. The molecule has 0 unspecified atom stereocenters. The fraction of sp³-hybridized carbons (Fsp3) is 0.308. The van der Waals surface area contributed by atoms with Crippen molar-refractivity contribution < 1.29 is 9.53 Å². The molecule has 2 aromatic rings. The van der Waals surface area contributed by atoms with Gasteiger partial charge in [0.05, 0.1) is 19.6 Å². The molecule has 1 aromatic heterocycles. The van der Waals surface area contributed by atoms with Gasteiger partial charge in [-0.25, -0.2) is 4.68 Å². The van der Waals surface area contributed by atoms with Crippen LogP contribution in [0.4, 0.5) is 5.95 Å². The highest BCUT2D eigenvalue weighted by atomic mass is 16.5. The number of anilines is 1. The van der Waals surface area contributed by atoms with E-state index in [4.69, 9.17) is 4.74 Å². The first-order valence-electron chi connectivity index (χ1n) is 6.03. The van der Waals surface area contributed by atoms with Crippen LogP contribution in [0.15, 0.2) is 24.5 Å². The molecule has 1 N–H and O–H groups in total. The van der Waals surface area contributed by atoms with Gasteiger partial charge in [-0.2, -0.15) is 10.1 Å². The molecule has 0 bridgehead atoms. The van der Waals surface area contributed by atoms with Gasteiger partial charge >= 0.3 is 0 Å². The first kappa shape index (κ1) is 11.7. The Labute approximate surface area is 110 Å². The zero-order valence-electron chi connectivity index (χ0n) is 10.8. The van der Waals surface area contributed by atoms with E-state index in [0.29, 0.717) is 12.4 Å². The monoisotopic (exact) mass is 258 g/mol. The maximum absolute atomic E-state index is 11.7. The van der Waals surface area contributed by atoms with Gasteiger partial charge in [0.25, 0.3) is 0 Å². The third-order valence-corrected chi connectivity index (χ3v) is 3.30. The molecule has 1 atom stereocenters. The molecule has 6 nitrogen and oxygen atoms in total. The molecule has 3 rings (SSSR count). The Hall–Kier alpha value is -2.37. The minimum atomic E-state index is -0.115. The van der Waals surface area contributed by atoms with E-state index in [0.717, 1.165) is 16.9 Å². The molecule has 0 aliphatic carbocycles. The summed E-state index contributed by atoms with van der Waals surface area (Å²) in [5.74, 6) is 1.29. The van der Waals surface area contributed by atoms with Crippen molar-refractivity contribution in [3.05, 3.63) is 35.7 Å². The van der Waals surface area contributed by atoms with Gasteiger partial charge in [0.2, 0.25) is 11.9 Å². The summed E-state index contributed by atoms with van der Waals surface area (Å²) in [5, 5.41) is 6.88. The Morgan fingerprint density at radius 2 is 2.32 bits per heavy atom. The maximum atomic E-state index is 11.7. The average Bonchev–Trinajstić information content (AvgIpc) is 2.85. The highest BCUT2D eigenvalue weighted by molar-refractivity contribution is 5.91. The van der Waals surface area contributed by atoms with Crippen molar-refractivity contribution in [3.63, 3.8) is 0 Å². The van der Waals surface area contributed by atoms with Crippen LogP contribution in [0.2, 0.25) is 0 Å². The molecule has 0 fully saturated rings. The quantitative estimate of drug-likeness (QED) is 0.886. The third-order valence-electron chi connectivity index (χ3n) is 3.30. The maximum Gasteiger partial charge on any atom is 0.229 e. The summed E-state index contributed by atoms with van der Waals surface area (Å²) in [6.07, 6.45) is 1.81. The summed E-state index contributed by atoms with van der Waals surface area (Å²) in [6.45, 7) is 1.98. The van der Waals surface area contributed by atoms with Crippen molar-refractivity contribution in [2.45, 2.75) is 19.4 Å². The van der Waals surface area contributed by atoms with E-state index in [1.807, 2.05) is 25.1 Å². The van der Waals surface area contributed by atoms with Gasteiger partial charge in [0.1, 0.15) is 12.1 Å². The molecule has 1 amide bonds. The highest BCUT2D eigenvalue weighted by Crippen LogP contribution is 2.30. The number of nitrogens with zero attached hydrogens (tertiary/aromatic N) is 3. The Bertz CT molecular complexity index is 635. The molecule has 2 heterocycles. The number of rotatable bonds is 2. The van der Waals surface area contributed by atoms with Gasteiger partial charge < -0.3 is 4.74 Å². The van der Waals surface area contributed by atoms with Gasteiger partial charge in [0, 0.05) is 0 Å². The molecular weight excluding hydrogens is 244 g/mol. The molecule has 1 aromatic carbocycles. The van der Waals surface area contributed by atoms with Crippen LogP contribution in [0.5, 0.6) is 5.75 Å². The van der Waals surface area contributed by atoms with Crippen LogP contribution >= 0.6 is 0 Å². The van der Waals surface area contributed by atoms with Crippen LogP contribution in [0.1, 0.15) is 23.6 Å². The zero-order chi connectivity index (χ0) is 13.4. The van der Waals surface area contributed by atoms with Crippen molar-refractivity contribution >= 4 is 11.9 Å². The van der Waals surface area contributed by atoms with Crippen LogP contribution < -0.4 is 10.1 Å². The molecule has 6 heteroatoms. The standard InChI is InChI=1S/C13H14N4O2/c1-8-5-9(3-4-11(8)19-2)10-6-12(18)16-13-14-7-15-17(10)13/h3-5,7,10H,6H2,1-2H3,(H,14,15,16,18)/t10-/m1/s1. The number of benzene rings is 1. The smallest absolute Gasteiger partial charge is 0.229 e. The molecule has 0 spiro atoms. The van der Waals surface area contributed by atoms with Crippen LogP contribution in [0, 0.1) is 6.92 Å². The predicted molar refractivity (Wildman–Crippen MR) is 69.1 cm³/mol. The number of carbonyl (C=O) groups is 1. The second kappa shape index (κ2) is 4.38. The lowest BCUT2D eigenvalue weighted by Gasteiger charge is -2.24. The van der Waals surface area contributed by atoms with E-state index in [2.05, 4.69) is 15.4 Å². The van der Waals surface area contributed by atoms with E-state index in [-0.39, 0.29) is 11.9 Å². The number of hydrogen-bond donors (Lipinski definition) is 1. The lowest BCUT2D eigenvalue weighted by molar-refractivity contribution is -0.117. The number of ether oxygens (including phenoxy) is 1. The molecule has 98 valence electrons. The topological polar surface area (TPSA) is 69.0 Å². The molecular formula is C13H14N4O2. The van der Waals surface area contributed by atoms with E-state index in [9.17, 15) is 4.79 Å². The first-order valence-corrected chi connectivity index (χ1v) is 6.03. The lowest BCUT2D eigenvalue weighted by Crippen LogP contribution is -2.29. The summed E-state index contributed by atoms with van der Waals surface area (Å²) in [4.78, 5) is 15.7. The molecule has 19 heavy (non-hydrogen) atoms. The first-order chi connectivity index (χ1) is 9.19. The summed E-state index contributed by atoms with van der Waals surface area (Å²) in [7, 11) is 1.64. The largest absolute Gasteiger partial charge is 0.496 e. The molecule has 0 saturated heterocycles. The Morgan fingerprint density at radius 1 is 1.47 bits per heavy atom. The second-order valence-electron chi connectivity index (χ2n) is 4.53. The van der Waals surface area contributed by atoms with E-state index < -0.39 is 0 Å². The Kier molecular flexibility index (Phi) is 2.70. The number of aromatic nitrogens is 3. The summed E-state index contributed by atoms with van der Waals surface area (Å²) < 4.78 is 6.99. The van der Waals surface area contributed by atoms with Gasteiger partial charge in [0.15, 0.2) is 0 Å². The highest BCUT2D eigenvalue weighted by Gasteiger charge is 2.27. The summed E-state index contributed by atoms with van der Waals surface area (Å²) in [6, 6.07) is 5.78. The van der Waals surface area contributed by atoms with Crippen molar-refractivity contribution in [1.29, 1.82) is 0 Å². The van der Waals surface area contributed by atoms with E-state index in [1.54, 1.807) is 11.8 Å². The SMILES string of the molecule is COc1ccc([C@H]2CC(=O)Nc3ncnn32)cc1C. The van der Waals surface area contributed by atoms with E-state index >= 15 is 0 Å². The molecule has 0 radical (unpaired) electrons. The molecule has 0 saturated carbocycles. The molecule has 1 aliphatic heterocycles. The number of amides is 1. The summed E-state index contributed by atoms with van der Waals surface area (Å²) in [5.41, 5.74) is 2.06. The number of nitrogens with one attached hydrogen (secondary N) is 1. The Balaban J connectivity index is 2.03. The minimum absolute atomic E-state index is 0.0426. The minimum Gasteiger partial charge on any atom is -0.496 e. The van der Waals surface area contributed by atoms with Gasteiger partial charge in [-0.3, -0.25) is 10.1 Å². The fourth-order valence-corrected chi connectivity index (χ4v) is 2.37. The fourth-order valence-electron chi connectivity index (χ4n) is 2.37. The number of aryl methyl sites for hydroxylation is 1. The zero-order valence-corrected chi connectivity index (χ0v) is 10.8. The van der Waals surface area contributed by atoms with Crippen molar-refractivity contribution in [2.75, 3.05) is 12.4 Å². The van der Waals surface area contributed by atoms with Crippen LogP contribution in [-0.2, 0) is 4.79 Å². The number of carbonyl (C=O) groups excluding carboxylic acids is 1. The van der Waals surface area contributed by atoms with Crippen LogP contribution in [-0.4, -0.2) is 27.8 Å². The van der Waals surface area contributed by atoms with E-state index in [1.165, 1.54) is 6.33 Å². The van der Waals surface area contributed by atoms with Crippen molar-refractivity contribution in [3.8, 4) is 5.75 Å². The van der Waals surface area contributed by atoms with Gasteiger partial charge in [-0.1, -0.05) is 12.1 Å². The van der Waals surface area contributed by atoms with Crippen molar-refractivity contribution in [1.82, 2.24) is 14.8 Å². The number of hydrogen-bond acceptors (Lipinski definition) is 4. The summed E-state index contributed by atoms with van der Waals surface area (Å²) >= 11 is 0. The van der Waals surface area contributed by atoms with Gasteiger partial charge in [-0.15, -0.1) is 0 Å². The molecule has 1 aliphatic rings. The van der Waals surface area contributed by atoms with Gasteiger partial charge in [-0.05, 0) is 24.1 Å². The third kappa shape index (κ3) is 1.95. The lowest BCUT2D eigenvalue weighted by atomic mass is 10.00. The normalized spacial score (nSPS) is 17.8. The predicted octanol–water partition coefficient (Wildman–Crippen LogP) is 1.53. The average molecular weight is 258 g/mol. The van der Waals surface area contributed by atoms with Crippen LogP contribution in [0.3, 0.4) is 0 Å².